The van der Waals surface area contributed by atoms with Gasteiger partial charge in [-0.15, -0.1) is 0 Å². The maximum Gasteiger partial charge on any atom is 0.186 e. The SMILES string of the molecule is CNC(=S)NN=C(C)c1ccc(C)c(C)c1. The molecule has 0 amide bonds. The van der Waals surface area contributed by atoms with Crippen LogP contribution in [-0.4, -0.2) is 17.9 Å². The summed E-state index contributed by atoms with van der Waals surface area (Å²) in [6.07, 6.45) is 0. The molecule has 0 fully saturated rings. The minimum Gasteiger partial charge on any atom is -0.364 e. The molecule has 0 atom stereocenters. The van der Waals surface area contributed by atoms with Crippen LogP contribution in [0.15, 0.2) is 23.3 Å². The van der Waals surface area contributed by atoms with Crippen LogP contribution in [0.4, 0.5) is 0 Å². The van der Waals surface area contributed by atoms with Gasteiger partial charge in [0.2, 0.25) is 0 Å². The van der Waals surface area contributed by atoms with Gasteiger partial charge in [-0.2, -0.15) is 5.10 Å². The maximum atomic E-state index is 4.94. The van der Waals surface area contributed by atoms with Crippen molar-refractivity contribution < 1.29 is 0 Å². The molecule has 2 N–H and O–H groups in total. The van der Waals surface area contributed by atoms with Crippen LogP contribution in [0.3, 0.4) is 0 Å². The summed E-state index contributed by atoms with van der Waals surface area (Å²) in [7, 11) is 1.76. The Morgan fingerprint density at radius 2 is 1.94 bits per heavy atom. The Hall–Kier alpha value is -1.42. The van der Waals surface area contributed by atoms with Crippen molar-refractivity contribution in [3.05, 3.63) is 34.9 Å². The summed E-state index contributed by atoms with van der Waals surface area (Å²) in [5.41, 5.74) is 7.35. The van der Waals surface area contributed by atoms with Crippen LogP contribution >= 0.6 is 12.2 Å². The fraction of sp³-hybridized carbons (Fsp3) is 0.333. The normalized spacial score (nSPS) is 11.1. The first-order chi connectivity index (χ1) is 7.54. The van der Waals surface area contributed by atoms with E-state index in [4.69, 9.17) is 12.2 Å². The van der Waals surface area contributed by atoms with Crippen LogP contribution in [-0.2, 0) is 0 Å². The van der Waals surface area contributed by atoms with Crippen molar-refractivity contribution in [1.82, 2.24) is 10.7 Å². The molecule has 0 aromatic heterocycles. The van der Waals surface area contributed by atoms with Crippen molar-refractivity contribution in [2.75, 3.05) is 7.05 Å². The van der Waals surface area contributed by atoms with Gasteiger partial charge in [0.05, 0.1) is 5.71 Å². The van der Waals surface area contributed by atoms with E-state index >= 15 is 0 Å². The van der Waals surface area contributed by atoms with E-state index in [-0.39, 0.29) is 0 Å². The fourth-order valence-electron chi connectivity index (χ4n) is 1.22. The molecule has 4 heteroatoms. The fourth-order valence-corrected chi connectivity index (χ4v) is 1.27. The van der Waals surface area contributed by atoms with E-state index in [2.05, 4.69) is 47.9 Å². The summed E-state index contributed by atoms with van der Waals surface area (Å²) in [5, 5.41) is 7.52. The molecule has 0 unspecified atom stereocenters. The molecule has 0 bridgehead atoms. The van der Waals surface area contributed by atoms with Gasteiger partial charge in [-0.1, -0.05) is 12.1 Å². The first-order valence-electron chi connectivity index (χ1n) is 5.14. The van der Waals surface area contributed by atoms with Crippen LogP contribution in [0.25, 0.3) is 0 Å². The van der Waals surface area contributed by atoms with E-state index in [1.165, 1.54) is 11.1 Å². The van der Waals surface area contributed by atoms with Crippen molar-refractivity contribution in [3.8, 4) is 0 Å². The topological polar surface area (TPSA) is 36.4 Å². The van der Waals surface area contributed by atoms with E-state index in [9.17, 15) is 0 Å². The highest BCUT2D eigenvalue weighted by Gasteiger charge is 2.00. The number of hydrazone groups is 1. The number of hydrogen-bond acceptors (Lipinski definition) is 2. The van der Waals surface area contributed by atoms with Crippen LogP contribution < -0.4 is 10.7 Å². The average molecular weight is 235 g/mol. The zero-order valence-electron chi connectivity index (χ0n) is 10.1. The molecule has 0 saturated heterocycles. The largest absolute Gasteiger partial charge is 0.364 e. The van der Waals surface area contributed by atoms with Crippen molar-refractivity contribution >= 4 is 23.0 Å². The van der Waals surface area contributed by atoms with Gasteiger partial charge in [0.15, 0.2) is 5.11 Å². The zero-order chi connectivity index (χ0) is 12.1. The first-order valence-corrected chi connectivity index (χ1v) is 5.55. The number of nitrogens with zero attached hydrogens (tertiary/aromatic N) is 1. The first kappa shape index (κ1) is 12.6. The van der Waals surface area contributed by atoms with Gasteiger partial charge in [0, 0.05) is 7.05 Å². The molecule has 1 aromatic rings. The second-order valence-electron chi connectivity index (χ2n) is 3.69. The molecule has 0 aliphatic rings. The molecular formula is C12H17N3S. The highest BCUT2D eigenvalue weighted by Crippen LogP contribution is 2.10. The predicted molar refractivity (Wildman–Crippen MR) is 72.9 cm³/mol. The Balaban J connectivity index is 2.83. The molecule has 16 heavy (non-hydrogen) atoms. The molecular weight excluding hydrogens is 218 g/mol. The van der Waals surface area contributed by atoms with Gasteiger partial charge in [0.25, 0.3) is 0 Å². The summed E-state index contributed by atoms with van der Waals surface area (Å²) in [5.74, 6) is 0. The number of benzene rings is 1. The minimum absolute atomic E-state index is 0.517. The second kappa shape index (κ2) is 5.61. The molecule has 0 saturated carbocycles. The molecule has 0 aliphatic heterocycles. The molecule has 86 valence electrons. The smallest absolute Gasteiger partial charge is 0.186 e. The number of hydrogen-bond donors (Lipinski definition) is 2. The van der Waals surface area contributed by atoms with Gasteiger partial charge in [0.1, 0.15) is 0 Å². The van der Waals surface area contributed by atoms with Gasteiger partial charge >= 0.3 is 0 Å². The lowest BCUT2D eigenvalue weighted by Crippen LogP contribution is -2.29. The maximum absolute atomic E-state index is 4.94. The zero-order valence-corrected chi connectivity index (χ0v) is 10.9. The molecule has 1 aromatic carbocycles. The summed E-state index contributed by atoms with van der Waals surface area (Å²) >= 11 is 4.94. The van der Waals surface area contributed by atoms with E-state index in [0.29, 0.717) is 5.11 Å². The molecule has 0 spiro atoms. The van der Waals surface area contributed by atoms with Gasteiger partial charge in [-0.05, 0) is 55.7 Å². The third kappa shape index (κ3) is 3.31. The van der Waals surface area contributed by atoms with Gasteiger partial charge in [-0.3, -0.25) is 5.43 Å². The quantitative estimate of drug-likeness (QED) is 0.468. The number of nitrogens with one attached hydrogen (secondary N) is 2. The molecule has 0 radical (unpaired) electrons. The Bertz CT molecular complexity index is 424. The Labute approximate surface area is 102 Å². The summed E-state index contributed by atoms with van der Waals surface area (Å²) in [6, 6.07) is 6.28. The van der Waals surface area contributed by atoms with Crippen molar-refractivity contribution in [3.63, 3.8) is 0 Å². The molecule has 1 rings (SSSR count). The summed E-state index contributed by atoms with van der Waals surface area (Å²) in [6.45, 7) is 6.15. The number of aryl methyl sites for hydroxylation is 2. The van der Waals surface area contributed by atoms with Crippen molar-refractivity contribution in [2.24, 2.45) is 5.10 Å². The van der Waals surface area contributed by atoms with E-state index in [0.717, 1.165) is 11.3 Å². The van der Waals surface area contributed by atoms with E-state index < -0.39 is 0 Å². The van der Waals surface area contributed by atoms with Gasteiger partial charge < -0.3 is 5.32 Å². The Morgan fingerprint density at radius 1 is 1.25 bits per heavy atom. The highest BCUT2D eigenvalue weighted by molar-refractivity contribution is 7.80. The second-order valence-corrected chi connectivity index (χ2v) is 4.10. The minimum atomic E-state index is 0.517. The van der Waals surface area contributed by atoms with Crippen LogP contribution in [0.2, 0.25) is 0 Å². The monoisotopic (exact) mass is 235 g/mol. The standard InChI is InChI=1S/C12H17N3S/c1-8-5-6-11(7-9(8)2)10(3)14-15-12(16)13-4/h5-7H,1-4H3,(H2,13,15,16). The number of rotatable bonds is 2. The molecule has 0 heterocycles. The summed E-state index contributed by atoms with van der Waals surface area (Å²) < 4.78 is 0. The van der Waals surface area contributed by atoms with Crippen molar-refractivity contribution in [1.29, 1.82) is 0 Å². The summed E-state index contributed by atoms with van der Waals surface area (Å²) in [4.78, 5) is 0. The van der Waals surface area contributed by atoms with Crippen molar-refractivity contribution in [2.45, 2.75) is 20.8 Å². The predicted octanol–water partition coefficient (Wildman–Crippen LogP) is 2.12. The average Bonchev–Trinajstić information content (AvgIpc) is 2.29. The third-order valence-corrected chi connectivity index (χ3v) is 2.77. The van der Waals surface area contributed by atoms with Crippen LogP contribution in [0.1, 0.15) is 23.6 Å². The van der Waals surface area contributed by atoms with Crippen LogP contribution in [0.5, 0.6) is 0 Å². The highest BCUT2D eigenvalue weighted by atomic mass is 32.1. The lowest BCUT2D eigenvalue weighted by atomic mass is 10.0. The lowest BCUT2D eigenvalue weighted by Gasteiger charge is -2.06. The third-order valence-electron chi connectivity index (χ3n) is 2.48. The Kier molecular flexibility index (Phi) is 4.43. The van der Waals surface area contributed by atoms with Gasteiger partial charge in [-0.25, -0.2) is 0 Å². The van der Waals surface area contributed by atoms with E-state index in [1.807, 2.05) is 6.92 Å². The van der Waals surface area contributed by atoms with Crippen LogP contribution in [0, 0.1) is 13.8 Å². The molecule has 3 nitrogen and oxygen atoms in total. The lowest BCUT2D eigenvalue weighted by molar-refractivity contribution is 0.974. The molecule has 0 aliphatic carbocycles. The Morgan fingerprint density at radius 3 is 2.50 bits per heavy atom. The van der Waals surface area contributed by atoms with E-state index in [1.54, 1.807) is 7.05 Å². The number of thiocarbonyl (C=S) groups is 1.